The summed E-state index contributed by atoms with van der Waals surface area (Å²) in [6.45, 7) is 1.29. The first-order valence-corrected chi connectivity index (χ1v) is 7.58. The minimum absolute atomic E-state index is 0.0528. The molecule has 1 heterocycles. The molecule has 0 fully saturated rings. The zero-order valence-corrected chi connectivity index (χ0v) is 13.8. The van der Waals surface area contributed by atoms with Crippen molar-refractivity contribution < 1.29 is 28.2 Å². The van der Waals surface area contributed by atoms with Gasteiger partial charge in [-0.25, -0.2) is 0 Å². The highest BCUT2D eigenvalue weighted by molar-refractivity contribution is 5.81. The highest BCUT2D eigenvalue weighted by atomic mass is 16.5. The van der Waals surface area contributed by atoms with Crippen LogP contribution in [0, 0.1) is 0 Å². The van der Waals surface area contributed by atoms with Crippen molar-refractivity contribution >= 4 is 22.9 Å². The van der Waals surface area contributed by atoms with Crippen LogP contribution in [0.1, 0.15) is 12.5 Å². The summed E-state index contributed by atoms with van der Waals surface area (Å²) in [5, 5.41) is 0.923. The van der Waals surface area contributed by atoms with Crippen LogP contribution in [0.3, 0.4) is 0 Å². The maximum atomic E-state index is 12.2. The van der Waals surface area contributed by atoms with Gasteiger partial charge in [0.2, 0.25) is 0 Å². The van der Waals surface area contributed by atoms with E-state index in [9.17, 15) is 9.59 Å². The summed E-state index contributed by atoms with van der Waals surface area (Å²) >= 11 is 0. The van der Waals surface area contributed by atoms with E-state index in [1.807, 2.05) is 6.07 Å². The summed E-state index contributed by atoms with van der Waals surface area (Å²) in [6.07, 6.45) is 1.52. The lowest BCUT2D eigenvalue weighted by Gasteiger charge is -2.11. The Labute approximate surface area is 143 Å². The second-order valence-corrected chi connectivity index (χ2v) is 5.34. The second-order valence-electron chi connectivity index (χ2n) is 5.34. The predicted octanol–water partition coefficient (Wildman–Crippen LogP) is 3.51. The standard InChI is InChI=1S/C19H16O6/c1-12(20)24-18-10-15(22-2)5-4-14(18)9-19(21)25-16-6-3-13-7-8-23-17(13)11-16/h3-8,10-11H,9H2,1-2H3. The molecule has 0 radical (unpaired) electrons. The average Bonchev–Trinajstić information content (AvgIpc) is 3.03. The highest BCUT2D eigenvalue weighted by Gasteiger charge is 2.14. The molecule has 1 aromatic heterocycles. The van der Waals surface area contributed by atoms with Gasteiger partial charge < -0.3 is 18.6 Å². The number of hydrogen-bond acceptors (Lipinski definition) is 6. The van der Waals surface area contributed by atoms with E-state index in [4.69, 9.17) is 18.6 Å². The molecule has 0 amide bonds. The molecule has 0 unspecified atom stereocenters. The van der Waals surface area contributed by atoms with Crippen LogP contribution < -0.4 is 14.2 Å². The maximum Gasteiger partial charge on any atom is 0.315 e. The van der Waals surface area contributed by atoms with Crippen LogP contribution in [-0.2, 0) is 16.0 Å². The van der Waals surface area contributed by atoms with Crippen molar-refractivity contribution in [2.24, 2.45) is 0 Å². The fraction of sp³-hybridized carbons (Fsp3) is 0.158. The Bertz CT molecular complexity index is 925. The van der Waals surface area contributed by atoms with Crippen LogP contribution in [0.15, 0.2) is 53.1 Å². The van der Waals surface area contributed by atoms with E-state index in [-0.39, 0.29) is 12.2 Å². The number of esters is 2. The molecule has 0 spiro atoms. The molecule has 2 aromatic carbocycles. The number of rotatable bonds is 5. The van der Waals surface area contributed by atoms with Crippen LogP contribution >= 0.6 is 0 Å². The Balaban J connectivity index is 1.76. The second kappa shape index (κ2) is 7.09. The molecule has 25 heavy (non-hydrogen) atoms. The van der Waals surface area contributed by atoms with Crippen molar-refractivity contribution in [2.45, 2.75) is 13.3 Å². The van der Waals surface area contributed by atoms with Gasteiger partial charge in [0.05, 0.1) is 19.8 Å². The van der Waals surface area contributed by atoms with Gasteiger partial charge >= 0.3 is 11.9 Å². The van der Waals surface area contributed by atoms with Gasteiger partial charge in [0.25, 0.3) is 0 Å². The fourth-order valence-electron chi connectivity index (χ4n) is 2.38. The van der Waals surface area contributed by atoms with E-state index < -0.39 is 11.9 Å². The van der Waals surface area contributed by atoms with Gasteiger partial charge in [0.15, 0.2) is 0 Å². The third kappa shape index (κ3) is 3.98. The number of fused-ring (bicyclic) bond motifs is 1. The molecule has 3 rings (SSSR count). The SMILES string of the molecule is COc1ccc(CC(=O)Oc2ccc3ccoc3c2)c(OC(C)=O)c1. The van der Waals surface area contributed by atoms with E-state index in [2.05, 4.69) is 0 Å². The molecule has 6 nitrogen and oxygen atoms in total. The highest BCUT2D eigenvalue weighted by Crippen LogP contribution is 2.27. The Hall–Kier alpha value is -3.28. The largest absolute Gasteiger partial charge is 0.497 e. The minimum Gasteiger partial charge on any atom is -0.497 e. The Morgan fingerprint density at radius 1 is 1.00 bits per heavy atom. The number of carbonyl (C=O) groups is 2. The van der Waals surface area contributed by atoms with Gasteiger partial charge in [-0.1, -0.05) is 6.07 Å². The van der Waals surface area contributed by atoms with Crippen LogP contribution in [0.4, 0.5) is 0 Å². The van der Waals surface area contributed by atoms with Gasteiger partial charge in [-0.05, 0) is 24.3 Å². The molecular formula is C19H16O6. The Kier molecular flexibility index (Phi) is 4.70. The van der Waals surface area contributed by atoms with E-state index >= 15 is 0 Å². The lowest BCUT2D eigenvalue weighted by molar-refractivity contribution is -0.134. The number of carbonyl (C=O) groups excluding carboxylic acids is 2. The molecule has 0 aliphatic rings. The van der Waals surface area contributed by atoms with E-state index in [1.54, 1.807) is 42.7 Å². The van der Waals surface area contributed by atoms with Crippen LogP contribution in [0.2, 0.25) is 0 Å². The predicted molar refractivity (Wildman–Crippen MR) is 89.9 cm³/mol. The van der Waals surface area contributed by atoms with E-state index in [0.29, 0.717) is 22.6 Å². The van der Waals surface area contributed by atoms with Crippen molar-refractivity contribution in [3.05, 3.63) is 54.3 Å². The summed E-state index contributed by atoms with van der Waals surface area (Å²) in [5.74, 6) is 0.215. The zero-order valence-electron chi connectivity index (χ0n) is 13.8. The van der Waals surface area contributed by atoms with E-state index in [0.717, 1.165) is 5.39 Å². The van der Waals surface area contributed by atoms with E-state index in [1.165, 1.54) is 14.0 Å². The number of benzene rings is 2. The monoisotopic (exact) mass is 340 g/mol. The molecule has 0 N–H and O–H groups in total. The van der Waals surface area contributed by atoms with Gasteiger partial charge in [0.1, 0.15) is 22.8 Å². The number of hydrogen-bond donors (Lipinski definition) is 0. The van der Waals surface area contributed by atoms with Crippen molar-refractivity contribution in [2.75, 3.05) is 7.11 Å². The molecule has 3 aromatic rings. The Morgan fingerprint density at radius 2 is 1.80 bits per heavy atom. The zero-order chi connectivity index (χ0) is 17.8. The minimum atomic E-state index is -0.482. The molecule has 0 bridgehead atoms. The molecule has 0 atom stereocenters. The summed E-state index contributed by atoms with van der Waals surface area (Å²) in [4.78, 5) is 23.5. The Morgan fingerprint density at radius 3 is 2.56 bits per heavy atom. The maximum absolute atomic E-state index is 12.2. The first-order chi connectivity index (χ1) is 12.0. The number of methoxy groups -OCH3 is 1. The first kappa shape index (κ1) is 16.6. The van der Waals surface area contributed by atoms with Crippen LogP contribution in [0.5, 0.6) is 17.2 Å². The van der Waals surface area contributed by atoms with Crippen molar-refractivity contribution in [3.8, 4) is 17.2 Å². The number of ether oxygens (including phenoxy) is 3. The summed E-state index contributed by atoms with van der Waals surface area (Å²) in [7, 11) is 1.51. The van der Waals surface area contributed by atoms with Crippen LogP contribution in [-0.4, -0.2) is 19.0 Å². The summed E-state index contributed by atoms with van der Waals surface area (Å²) in [6, 6.07) is 11.9. The smallest absolute Gasteiger partial charge is 0.315 e. The lowest BCUT2D eigenvalue weighted by atomic mass is 10.1. The van der Waals surface area contributed by atoms with Gasteiger partial charge in [0, 0.05) is 30.0 Å². The first-order valence-electron chi connectivity index (χ1n) is 7.58. The average molecular weight is 340 g/mol. The quantitative estimate of drug-likeness (QED) is 0.522. The van der Waals surface area contributed by atoms with Crippen LogP contribution in [0.25, 0.3) is 11.0 Å². The molecule has 0 aliphatic heterocycles. The normalized spacial score (nSPS) is 10.5. The topological polar surface area (TPSA) is 75.0 Å². The molecular weight excluding hydrogens is 324 g/mol. The van der Waals surface area contributed by atoms with Gasteiger partial charge in [-0.3, -0.25) is 9.59 Å². The van der Waals surface area contributed by atoms with Crippen molar-refractivity contribution in [1.29, 1.82) is 0 Å². The van der Waals surface area contributed by atoms with Gasteiger partial charge in [-0.15, -0.1) is 0 Å². The molecule has 128 valence electrons. The third-order valence-electron chi connectivity index (χ3n) is 3.52. The summed E-state index contributed by atoms with van der Waals surface area (Å²) in [5.41, 5.74) is 1.16. The van der Waals surface area contributed by atoms with Crippen molar-refractivity contribution in [3.63, 3.8) is 0 Å². The van der Waals surface area contributed by atoms with Gasteiger partial charge in [-0.2, -0.15) is 0 Å². The van der Waals surface area contributed by atoms with Crippen molar-refractivity contribution in [1.82, 2.24) is 0 Å². The molecule has 6 heteroatoms. The lowest BCUT2D eigenvalue weighted by Crippen LogP contribution is -2.13. The molecule has 0 saturated heterocycles. The molecule has 0 saturated carbocycles. The third-order valence-corrected chi connectivity index (χ3v) is 3.52. The fourth-order valence-corrected chi connectivity index (χ4v) is 2.38. The molecule has 0 aliphatic carbocycles. The summed E-state index contributed by atoms with van der Waals surface area (Å²) < 4.78 is 20.9. The number of furan rings is 1.